The lowest BCUT2D eigenvalue weighted by molar-refractivity contribution is -0.122. The number of halogens is 1. The molecule has 1 saturated heterocycles. The van der Waals surface area contributed by atoms with Crippen LogP contribution in [0.3, 0.4) is 0 Å². The van der Waals surface area contributed by atoms with Crippen molar-refractivity contribution < 1.29 is 14.4 Å². The zero-order chi connectivity index (χ0) is 24.2. The summed E-state index contributed by atoms with van der Waals surface area (Å²) in [5.41, 5.74) is 4.97. The minimum Gasteiger partial charge on any atom is -0.369 e. The van der Waals surface area contributed by atoms with Crippen molar-refractivity contribution in [3.05, 3.63) is 63.2 Å². The van der Waals surface area contributed by atoms with Crippen LogP contribution in [-0.4, -0.2) is 30.4 Å². The van der Waals surface area contributed by atoms with Crippen LogP contribution in [0.1, 0.15) is 55.4 Å². The van der Waals surface area contributed by atoms with Crippen LogP contribution in [0, 0.1) is 13.8 Å². The average Bonchev–Trinajstić information content (AvgIpc) is 2.72. The molecule has 4 rings (SSSR count). The van der Waals surface area contributed by atoms with E-state index in [0.717, 1.165) is 33.7 Å². The molecule has 2 heterocycles. The molecule has 1 atom stereocenters. The van der Waals surface area contributed by atoms with E-state index in [1.54, 1.807) is 12.1 Å². The molecule has 2 aromatic carbocycles. The van der Waals surface area contributed by atoms with E-state index in [1.165, 1.54) is 6.08 Å². The van der Waals surface area contributed by atoms with E-state index >= 15 is 0 Å². The highest BCUT2D eigenvalue weighted by molar-refractivity contribution is 6.40. The van der Waals surface area contributed by atoms with Crippen molar-refractivity contribution in [1.82, 2.24) is 5.32 Å². The highest BCUT2D eigenvalue weighted by Gasteiger charge is 2.38. The van der Waals surface area contributed by atoms with Crippen molar-refractivity contribution in [2.75, 3.05) is 16.8 Å². The van der Waals surface area contributed by atoms with Crippen LogP contribution in [-0.2, 0) is 9.59 Å². The molecule has 0 saturated carbocycles. The van der Waals surface area contributed by atoms with E-state index in [0.29, 0.717) is 16.3 Å². The molecule has 6 nitrogen and oxygen atoms in total. The smallest absolute Gasteiger partial charge is 0.335 e. The Morgan fingerprint density at radius 1 is 1.09 bits per heavy atom. The lowest BCUT2D eigenvalue weighted by atomic mass is 9.80. The molecule has 2 aliphatic rings. The third-order valence-electron chi connectivity index (χ3n) is 6.90. The molecule has 1 fully saturated rings. The van der Waals surface area contributed by atoms with Gasteiger partial charge in [0.2, 0.25) is 0 Å². The van der Waals surface area contributed by atoms with Gasteiger partial charge in [-0.3, -0.25) is 14.9 Å². The third kappa shape index (κ3) is 3.93. The summed E-state index contributed by atoms with van der Waals surface area (Å²) in [7, 11) is 2.05. The first-order valence-corrected chi connectivity index (χ1v) is 11.3. The van der Waals surface area contributed by atoms with Crippen LogP contribution in [0.15, 0.2) is 35.9 Å². The second kappa shape index (κ2) is 8.03. The van der Waals surface area contributed by atoms with E-state index in [-0.39, 0.29) is 17.0 Å². The number of nitrogens with one attached hydrogen (secondary N) is 1. The first-order valence-electron chi connectivity index (χ1n) is 11.0. The monoisotopic (exact) mass is 465 g/mol. The molecule has 0 spiro atoms. The minimum atomic E-state index is -0.764. The number of imide groups is 2. The number of urea groups is 1. The molecule has 7 heteroatoms. The summed E-state index contributed by atoms with van der Waals surface area (Å²) in [6, 6.07) is 8.35. The van der Waals surface area contributed by atoms with Crippen LogP contribution in [0.25, 0.3) is 6.08 Å². The van der Waals surface area contributed by atoms with Crippen LogP contribution < -0.4 is 15.1 Å². The lowest BCUT2D eigenvalue weighted by Gasteiger charge is -2.45. The summed E-state index contributed by atoms with van der Waals surface area (Å²) in [4.78, 5) is 41.6. The quantitative estimate of drug-likeness (QED) is 0.479. The first-order chi connectivity index (χ1) is 15.4. The van der Waals surface area contributed by atoms with E-state index in [2.05, 4.69) is 31.0 Å². The Morgan fingerprint density at radius 2 is 1.79 bits per heavy atom. The van der Waals surface area contributed by atoms with Crippen LogP contribution in [0.4, 0.5) is 16.2 Å². The fourth-order valence-electron chi connectivity index (χ4n) is 4.63. The van der Waals surface area contributed by atoms with Crippen molar-refractivity contribution >= 4 is 46.9 Å². The maximum Gasteiger partial charge on any atom is 0.335 e. The van der Waals surface area contributed by atoms with Crippen LogP contribution in [0.5, 0.6) is 0 Å². The van der Waals surface area contributed by atoms with Gasteiger partial charge < -0.3 is 4.90 Å². The van der Waals surface area contributed by atoms with Gasteiger partial charge in [0.05, 0.1) is 5.69 Å². The molecule has 1 unspecified atom stereocenters. The number of carbonyl (C=O) groups is 3. The normalized spacial score (nSPS) is 21.4. The van der Waals surface area contributed by atoms with Crippen molar-refractivity contribution in [3.63, 3.8) is 0 Å². The summed E-state index contributed by atoms with van der Waals surface area (Å²) in [6.07, 6.45) is 2.44. The van der Waals surface area contributed by atoms with Crippen molar-refractivity contribution in [2.24, 2.45) is 0 Å². The molecule has 2 aliphatic heterocycles. The van der Waals surface area contributed by atoms with Crippen LogP contribution >= 0.6 is 11.6 Å². The van der Waals surface area contributed by atoms with Crippen molar-refractivity contribution in [1.29, 1.82) is 0 Å². The fourth-order valence-corrected chi connectivity index (χ4v) is 4.84. The molecule has 33 heavy (non-hydrogen) atoms. The number of hydrogen-bond acceptors (Lipinski definition) is 4. The average molecular weight is 466 g/mol. The molecule has 172 valence electrons. The molecule has 2 aromatic rings. The number of carbonyl (C=O) groups excluding carboxylic acids is 3. The molecule has 4 amide bonds. The number of anilines is 2. The zero-order valence-electron chi connectivity index (χ0n) is 19.7. The molecule has 1 N–H and O–H groups in total. The highest BCUT2D eigenvalue weighted by atomic mass is 35.5. The number of amides is 4. The van der Waals surface area contributed by atoms with Gasteiger partial charge in [-0.25, -0.2) is 9.69 Å². The Balaban J connectivity index is 1.77. The molecular formula is C26H28ClN3O3. The van der Waals surface area contributed by atoms with E-state index in [4.69, 9.17) is 11.6 Å². The molecule has 0 aromatic heterocycles. The fraction of sp³-hybridized carbons (Fsp3) is 0.346. The van der Waals surface area contributed by atoms with Gasteiger partial charge in [0.1, 0.15) is 5.57 Å². The second-order valence-corrected chi connectivity index (χ2v) is 10.0. The Morgan fingerprint density at radius 3 is 2.45 bits per heavy atom. The summed E-state index contributed by atoms with van der Waals surface area (Å²) in [6.45, 7) is 10.4. The number of barbiturate groups is 1. The molecular weight excluding hydrogens is 438 g/mol. The zero-order valence-corrected chi connectivity index (χ0v) is 20.5. The van der Waals surface area contributed by atoms with Gasteiger partial charge in [-0.2, -0.15) is 0 Å². The van der Waals surface area contributed by atoms with Crippen molar-refractivity contribution in [3.8, 4) is 0 Å². The summed E-state index contributed by atoms with van der Waals surface area (Å²) >= 11 is 6.61. The Labute approximate surface area is 199 Å². The second-order valence-electron chi connectivity index (χ2n) is 9.64. The molecule has 0 bridgehead atoms. The maximum atomic E-state index is 13.3. The topological polar surface area (TPSA) is 69.7 Å². The third-order valence-corrected chi connectivity index (χ3v) is 7.23. The van der Waals surface area contributed by atoms with Gasteiger partial charge in [-0.05, 0) is 92.6 Å². The Bertz CT molecular complexity index is 1230. The highest BCUT2D eigenvalue weighted by Crippen LogP contribution is 2.44. The van der Waals surface area contributed by atoms with Crippen LogP contribution in [0.2, 0.25) is 5.02 Å². The summed E-state index contributed by atoms with van der Waals surface area (Å²) < 4.78 is 0. The first kappa shape index (κ1) is 23.1. The molecule has 0 aliphatic carbocycles. The largest absolute Gasteiger partial charge is 0.369 e. The number of rotatable bonds is 2. The standard InChI is InChI=1S/C26H28ClN3O3/c1-14-7-8-18(9-15(14)2)30-24(32)20(23(31)28-25(30)33)11-17-10-19-16(3)13-26(4,5)29(6)22(19)12-21(17)27/h7-12,16H,13H2,1-6H3,(H,28,31,33)/b20-11-. The van der Waals surface area contributed by atoms with E-state index < -0.39 is 17.8 Å². The van der Waals surface area contributed by atoms with Gasteiger partial charge in [0.15, 0.2) is 0 Å². The number of aryl methyl sites for hydroxylation is 2. The predicted octanol–water partition coefficient (Wildman–Crippen LogP) is 5.35. The summed E-state index contributed by atoms with van der Waals surface area (Å²) in [5.74, 6) is -1.12. The number of benzene rings is 2. The van der Waals surface area contributed by atoms with E-state index in [9.17, 15) is 14.4 Å². The number of fused-ring (bicyclic) bond motifs is 1. The number of nitrogens with zero attached hydrogens (tertiary/aromatic N) is 2. The number of hydrogen-bond donors (Lipinski definition) is 1. The van der Waals surface area contributed by atoms with Gasteiger partial charge in [0, 0.05) is 23.3 Å². The summed E-state index contributed by atoms with van der Waals surface area (Å²) in [5, 5.41) is 2.72. The SMILES string of the molecule is Cc1ccc(N2C(=O)NC(=O)/C(=C/c3cc4c(cc3Cl)N(C)C(C)(C)CC4C)C2=O)cc1C. The van der Waals surface area contributed by atoms with Gasteiger partial charge in [-0.1, -0.05) is 24.6 Å². The van der Waals surface area contributed by atoms with Gasteiger partial charge in [0.25, 0.3) is 11.8 Å². The predicted molar refractivity (Wildman–Crippen MR) is 132 cm³/mol. The van der Waals surface area contributed by atoms with E-state index in [1.807, 2.05) is 39.1 Å². The maximum absolute atomic E-state index is 13.3. The Kier molecular flexibility index (Phi) is 5.61. The van der Waals surface area contributed by atoms with Crippen molar-refractivity contribution in [2.45, 2.75) is 52.5 Å². The Hall–Kier alpha value is -3.12. The van der Waals surface area contributed by atoms with Gasteiger partial charge >= 0.3 is 6.03 Å². The minimum absolute atomic E-state index is 0.0119. The van der Waals surface area contributed by atoms with Gasteiger partial charge in [-0.15, -0.1) is 0 Å². The molecule has 0 radical (unpaired) electrons. The lowest BCUT2D eigenvalue weighted by Crippen LogP contribution is -2.54.